The average Bonchev–Trinajstić information content (AvgIpc) is 2.44. The largest absolute Gasteiger partial charge is 0.350 e. The third kappa shape index (κ3) is 4.77. The molecule has 22 heavy (non-hydrogen) atoms. The molecule has 0 bridgehead atoms. The van der Waals surface area contributed by atoms with Gasteiger partial charge in [0.15, 0.2) is 0 Å². The standard InChI is InChI=1S/C14H22BrN3O3S/c1-5-16-10(2)9-17-14(19)11-6-7-13(12(15)8-11)22(20,21)18(3)4/h6-8,10,16H,5,9H2,1-4H3,(H,17,19)/t10-/m1/s1. The Balaban J connectivity index is 2.88. The molecule has 0 radical (unpaired) electrons. The van der Waals surface area contributed by atoms with Gasteiger partial charge in [-0.15, -0.1) is 0 Å². The van der Waals surface area contributed by atoms with E-state index in [1.54, 1.807) is 0 Å². The summed E-state index contributed by atoms with van der Waals surface area (Å²) in [6.07, 6.45) is 0. The van der Waals surface area contributed by atoms with Crippen molar-refractivity contribution in [3.8, 4) is 0 Å². The van der Waals surface area contributed by atoms with Crippen LogP contribution in [0.25, 0.3) is 0 Å². The van der Waals surface area contributed by atoms with E-state index in [0.29, 0.717) is 16.6 Å². The lowest BCUT2D eigenvalue weighted by Gasteiger charge is -2.15. The molecule has 0 aliphatic carbocycles. The molecule has 1 amide bonds. The molecule has 0 aliphatic heterocycles. The highest BCUT2D eigenvalue weighted by Crippen LogP contribution is 2.25. The van der Waals surface area contributed by atoms with E-state index < -0.39 is 10.0 Å². The van der Waals surface area contributed by atoms with E-state index in [4.69, 9.17) is 0 Å². The molecule has 1 rings (SSSR count). The van der Waals surface area contributed by atoms with Crippen molar-refractivity contribution in [2.24, 2.45) is 0 Å². The Kier molecular flexibility index (Phi) is 6.98. The van der Waals surface area contributed by atoms with Gasteiger partial charge in [0, 0.05) is 36.7 Å². The predicted octanol–water partition coefficient (Wildman–Crippen LogP) is 1.43. The third-order valence-corrected chi connectivity index (χ3v) is 5.87. The number of nitrogens with zero attached hydrogens (tertiary/aromatic N) is 1. The second-order valence-corrected chi connectivity index (χ2v) is 8.08. The maximum atomic E-state index is 12.1. The third-order valence-electron chi connectivity index (χ3n) is 3.07. The molecule has 8 heteroatoms. The maximum absolute atomic E-state index is 12.1. The number of rotatable bonds is 7. The number of nitrogens with one attached hydrogen (secondary N) is 2. The van der Waals surface area contributed by atoms with Gasteiger partial charge in [-0.2, -0.15) is 0 Å². The van der Waals surface area contributed by atoms with E-state index >= 15 is 0 Å². The summed E-state index contributed by atoms with van der Waals surface area (Å²) in [5.74, 6) is -0.237. The topological polar surface area (TPSA) is 78.5 Å². The lowest BCUT2D eigenvalue weighted by molar-refractivity contribution is 0.0950. The Morgan fingerprint density at radius 3 is 2.50 bits per heavy atom. The summed E-state index contributed by atoms with van der Waals surface area (Å²) in [7, 11) is -0.613. The van der Waals surface area contributed by atoms with Crippen molar-refractivity contribution < 1.29 is 13.2 Å². The van der Waals surface area contributed by atoms with Gasteiger partial charge < -0.3 is 10.6 Å². The highest BCUT2D eigenvalue weighted by Gasteiger charge is 2.21. The first-order valence-corrected chi connectivity index (χ1v) is 9.17. The first kappa shape index (κ1) is 19.1. The number of amides is 1. The van der Waals surface area contributed by atoms with Gasteiger partial charge in [0.1, 0.15) is 0 Å². The highest BCUT2D eigenvalue weighted by atomic mass is 79.9. The number of hydrogen-bond acceptors (Lipinski definition) is 4. The highest BCUT2D eigenvalue weighted by molar-refractivity contribution is 9.10. The number of benzene rings is 1. The molecule has 124 valence electrons. The van der Waals surface area contributed by atoms with Crippen LogP contribution in [0.4, 0.5) is 0 Å². The molecule has 2 N–H and O–H groups in total. The van der Waals surface area contributed by atoms with E-state index in [9.17, 15) is 13.2 Å². The Morgan fingerprint density at radius 1 is 1.36 bits per heavy atom. The summed E-state index contributed by atoms with van der Waals surface area (Å²) in [5.41, 5.74) is 0.410. The molecular weight excluding hydrogens is 370 g/mol. The molecule has 1 aromatic rings. The molecule has 0 aliphatic rings. The van der Waals surface area contributed by atoms with Crippen LogP contribution in [0.15, 0.2) is 27.6 Å². The minimum atomic E-state index is -3.54. The van der Waals surface area contributed by atoms with Gasteiger partial charge in [-0.25, -0.2) is 12.7 Å². The van der Waals surface area contributed by atoms with Crippen molar-refractivity contribution in [2.75, 3.05) is 27.2 Å². The van der Waals surface area contributed by atoms with Crippen molar-refractivity contribution in [3.05, 3.63) is 28.2 Å². The van der Waals surface area contributed by atoms with Gasteiger partial charge in [-0.3, -0.25) is 4.79 Å². The molecular formula is C14H22BrN3O3S. The molecule has 0 unspecified atom stereocenters. The number of halogens is 1. The van der Waals surface area contributed by atoms with Crippen LogP contribution in [0, 0.1) is 0 Å². The van der Waals surface area contributed by atoms with Crippen molar-refractivity contribution in [3.63, 3.8) is 0 Å². The van der Waals surface area contributed by atoms with Crippen LogP contribution < -0.4 is 10.6 Å². The van der Waals surface area contributed by atoms with Crippen LogP contribution in [0.1, 0.15) is 24.2 Å². The molecule has 0 spiro atoms. The number of carbonyl (C=O) groups excluding carboxylic acids is 1. The minimum Gasteiger partial charge on any atom is -0.350 e. The maximum Gasteiger partial charge on any atom is 0.251 e. The lowest BCUT2D eigenvalue weighted by Crippen LogP contribution is -2.38. The number of hydrogen-bond donors (Lipinski definition) is 2. The fourth-order valence-electron chi connectivity index (χ4n) is 1.82. The molecule has 6 nitrogen and oxygen atoms in total. The van der Waals surface area contributed by atoms with E-state index in [0.717, 1.165) is 10.8 Å². The summed E-state index contributed by atoms with van der Waals surface area (Å²) < 4.78 is 25.7. The van der Waals surface area contributed by atoms with Gasteiger partial charge in [0.2, 0.25) is 10.0 Å². The Bertz CT molecular complexity index is 632. The zero-order valence-corrected chi connectivity index (χ0v) is 15.6. The van der Waals surface area contributed by atoms with Crippen molar-refractivity contribution in [2.45, 2.75) is 24.8 Å². The second kappa shape index (κ2) is 8.05. The van der Waals surface area contributed by atoms with Crippen LogP contribution in [-0.2, 0) is 10.0 Å². The van der Waals surface area contributed by atoms with Crippen molar-refractivity contribution >= 4 is 31.9 Å². The number of sulfonamides is 1. The summed E-state index contributed by atoms with van der Waals surface area (Å²) in [6.45, 7) is 5.31. The van der Waals surface area contributed by atoms with Crippen molar-refractivity contribution in [1.29, 1.82) is 0 Å². The monoisotopic (exact) mass is 391 g/mol. The van der Waals surface area contributed by atoms with E-state index in [1.165, 1.54) is 32.3 Å². The predicted molar refractivity (Wildman–Crippen MR) is 90.5 cm³/mol. The van der Waals surface area contributed by atoms with E-state index in [-0.39, 0.29) is 16.8 Å². The van der Waals surface area contributed by atoms with Crippen LogP contribution in [0.5, 0.6) is 0 Å². The summed E-state index contributed by atoms with van der Waals surface area (Å²) in [5, 5.41) is 6.01. The molecule has 1 atom stereocenters. The van der Waals surface area contributed by atoms with Gasteiger partial charge >= 0.3 is 0 Å². The molecule has 0 heterocycles. The minimum absolute atomic E-state index is 0.134. The SMILES string of the molecule is CCN[C@H](C)CNC(=O)c1ccc(S(=O)(=O)N(C)C)c(Br)c1. The number of carbonyl (C=O) groups is 1. The number of likely N-dealkylation sites (N-methyl/N-ethyl adjacent to an activating group) is 1. The zero-order chi connectivity index (χ0) is 16.9. The Morgan fingerprint density at radius 2 is 2.00 bits per heavy atom. The fraction of sp³-hybridized carbons (Fsp3) is 0.500. The van der Waals surface area contributed by atoms with Crippen molar-refractivity contribution in [1.82, 2.24) is 14.9 Å². The quantitative estimate of drug-likeness (QED) is 0.736. The van der Waals surface area contributed by atoms with E-state index in [1.807, 2.05) is 13.8 Å². The van der Waals surface area contributed by atoms with Crippen LogP contribution in [0.2, 0.25) is 0 Å². The van der Waals surface area contributed by atoms with Gasteiger partial charge in [-0.1, -0.05) is 6.92 Å². The molecule has 1 aromatic carbocycles. The van der Waals surface area contributed by atoms with Gasteiger partial charge in [0.05, 0.1) is 4.90 Å². The van der Waals surface area contributed by atoms with Crippen LogP contribution in [0.3, 0.4) is 0 Å². The summed E-state index contributed by atoms with van der Waals surface area (Å²) >= 11 is 3.23. The molecule has 0 aromatic heterocycles. The van der Waals surface area contributed by atoms with E-state index in [2.05, 4.69) is 26.6 Å². The normalized spacial score (nSPS) is 13.2. The summed E-state index contributed by atoms with van der Waals surface area (Å²) in [6, 6.07) is 4.63. The first-order chi connectivity index (χ1) is 10.2. The molecule has 0 fully saturated rings. The molecule has 0 saturated carbocycles. The Hall–Kier alpha value is -0.960. The smallest absolute Gasteiger partial charge is 0.251 e. The lowest BCUT2D eigenvalue weighted by atomic mass is 10.2. The zero-order valence-electron chi connectivity index (χ0n) is 13.2. The second-order valence-electron chi connectivity index (χ2n) is 5.10. The van der Waals surface area contributed by atoms with Gasteiger partial charge in [0.25, 0.3) is 5.91 Å². The van der Waals surface area contributed by atoms with Crippen LogP contribution in [-0.4, -0.2) is 51.9 Å². The van der Waals surface area contributed by atoms with Crippen LogP contribution >= 0.6 is 15.9 Å². The average molecular weight is 392 g/mol. The molecule has 0 saturated heterocycles. The Labute approximate surface area is 140 Å². The fourth-order valence-corrected chi connectivity index (χ4v) is 3.75. The van der Waals surface area contributed by atoms with Gasteiger partial charge in [-0.05, 0) is 47.6 Å². The summed E-state index contributed by atoms with van der Waals surface area (Å²) in [4.78, 5) is 12.2. The first-order valence-electron chi connectivity index (χ1n) is 6.93.